The van der Waals surface area contributed by atoms with E-state index in [4.69, 9.17) is 0 Å². The number of aryl methyl sites for hydroxylation is 2. The van der Waals surface area contributed by atoms with Crippen LogP contribution in [0.15, 0.2) is 35.4 Å². The van der Waals surface area contributed by atoms with Gasteiger partial charge in [0, 0.05) is 32.4 Å². The molecule has 118 valence electrons. The van der Waals surface area contributed by atoms with Gasteiger partial charge in [0.1, 0.15) is 4.90 Å². The molecule has 6 nitrogen and oxygen atoms in total. The van der Waals surface area contributed by atoms with E-state index in [0.717, 1.165) is 13.0 Å². The van der Waals surface area contributed by atoms with Crippen molar-refractivity contribution in [2.75, 3.05) is 6.54 Å². The van der Waals surface area contributed by atoms with E-state index in [1.54, 1.807) is 14.0 Å². The standard InChI is InChI=1S/C15H20N4O2S/c1-11-15(10-19(2)18-11)22(20,21)17-9-14-7-12-5-3-4-6-13(12)8-16-14/h3-6,10,14,16-17H,7-9H2,1-2H3. The van der Waals surface area contributed by atoms with E-state index in [1.807, 2.05) is 12.1 Å². The average Bonchev–Trinajstić information content (AvgIpc) is 2.85. The second-order valence-electron chi connectivity index (χ2n) is 5.65. The topological polar surface area (TPSA) is 76.0 Å². The Morgan fingerprint density at radius 2 is 2.09 bits per heavy atom. The Bertz CT molecular complexity index is 783. The fourth-order valence-corrected chi connectivity index (χ4v) is 4.09. The molecule has 7 heteroatoms. The van der Waals surface area contributed by atoms with Gasteiger partial charge < -0.3 is 5.32 Å². The van der Waals surface area contributed by atoms with Gasteiger partial charge in [0.25, 0.3) is 0 Å². The molecule has 0 amide bonds. The predicted octanol–water partition coefficient (Wildman–Crippen LogP) is 0.721. The molecular formula is C15H20N4O2S. The lowest BCUT2D eigenvalue weighted by atomic mass is 9.96. The van der Waals surface area contributed by atoms with E-state index in [1.165, 1.54) is 22.0 Å². The molecule has 1 aliphatic rings. The van der Waals surface area contributed by atoms with Crippen LogP contribution >= 0.6 is 0 Å². The highest BCUT2D eigenvalue weighted by molar-refractivity contribution is 7.89. The van der Waals surface area contributed by atoms with Crippen LogP contribution < -0.4 is 10.0 Å². The molecule has 0 saturated heterocycles. The van der Waals surface area contributed by atoms with E-state index >= 15 is 0 Å². The zero-order chi connectivity index (χ0) is 15.7. The van der Waals surface area contributed by atoms with Crippen LogP contribution in [-0.2, 0) is 30.0 Å². The van der Waals surface area contributed by atoms with Crippen molar-refractivity contribution in [2.24, 2.45) is 7.05 Å². The molecule has 0 fully saturated rings. The number of nitrogens with zero attached hydrogens (tertiary/aromatic N) is 2. The van der Waals surface area contributed by atoms with Crippen LogP contribution in [0, 0.1) is 6.92 Å². The second kappa shape index (κ2) is 5.83. The van der Waals surface area contributed by atoms with Gasteiger partial charge in [0.05, 0.1) is 5.69 Å². The molecule has 2 heterocycles. The molecule has 22 heavy (non-hydrogen) atoms. The van der Waals surface area contributed by atoms with Gasteiger partial charge in [-0.25, -0.2) is 13.1 Å². The summed E-state index contributed by atoms with van der Waals surface area (Å²) in [6.07, 6.45) is 2.35. The van der Waals surface area contributed by atoms with Crippen molar-refractivity contribution < 1.29 is 8.42 Å². The van der Waals surface area contributed by atoms with Gasteiger partial charge in [-0.1, -0.05) is 24.3 Å². The minimum atomic E-state index is -3.52. The first-order valence-corrected chi connectivity index (χ1v) is 8.74. The number of rotatable bonds is 4. The summed E-state index contributed by atoms with van der Waals surface area (Å²) in [4.78, 5) is 0.242. The third-order valence-electron chi connectivity index (χ3n) is 3.94. The SMILES string of the molecule is Cc1nn(C)cc1S(=O)(=O)NCC1Cc2ccccc2CN1. The fraction of sp³-hybridized carbons (Fsp3) is 0.400. The van der Waals surface area contributed by atoms with E-state index in [0.29, 0.717) is 12.2 Å². The largest absolute Gasteiger partial charge is 0.308 e. The van der Waals surface area contributed by atoms with Crippen molar-refractivity contribution >= 4 is 10.0 Å². The molecule has 1 unspecified atom stereocenters. The summed E-state index contributed by atoms with van der Waals surface area (Å²) >= 11 is 0. The molecule has 0 radical (unpaired) electrons. The highest BCUT2D eigenvalue weighted by Gasteiger charge is 2.23. The molecule has 0 bridgehead atoms. The Morgan fingerprint density at radius 1 is 1.36 bits per heavy atom. The molecular weight excluding hydrogens is 300 g/mol. The molecule has 2 N–H and O–H groups in total. The minimum absolute atomic E-state index is 0.0988. The molecule has 0 spiro atoms. The van der Waals surface area contributed by atoms with E-state index in [-0.39, 0.29) is 10.9 Å². The highest BCUT2D eigenvalue weighted by atomic mass is 32.2. The maximum atomic E-state index is 12.4. The van der Waals surface area contributed by atoms with E-state index in [9.17, 15) is 8.42 Å². The summed E-state index contributed by atoms with van der Waals surface area (Å²) in [6.45, 7) is 2.84. The summed E-state index contributed by atoms with van der Waals surface area (Å²) < 4.78 is 28.9. The maximum Gasteiger partial charge on any atom is 0.244 e. The van der Waals surface area contributed by atoms with Gasteiger partial charge in [-0.3, -0.25) is 4.68 Å². The first-order valence-electron chi connectivity index (χ1n) is 7.26. The van der Waals surface area contributed by atoms with Crippen LogP contribution in [0.3, 0.4) is 0 Å². The first-order chi connectivity index (χ1) is 10.5. The van der Waals surface area contributed by atoms with Gasteiger partial charge >= 0.3 is 0 Å². The fourth-order valence-electron chi connectivity index (χ4n) is 2.80. The molecule has 0 aliphatic carbocycles. The Labute approximate surface area is 130 Å². The van der Waals surface area contributed by atoms with Crippen LogP contribution in [-0.4, -0.2) is 30.8 Å². The summed E-state index contributed by atoms with van der Waals surface area (Å²) in [5.74, 6) is 0. The van der Waals surface area contributed by atoms with E-state index < -0.39 is 10.0 Å². The van der Waals surface area contributed by atoms with Crippen LogP contribution in [0.4, 0.5) is 0 Å². The Hall–Kier alpha value is -1.70. The zero-order valence-electron chi connectivity index (χ0n) is 12.7. The van der Waals surface area contributed by atoms with Crippen LogP contribution in [0.2, 0.25) is 0 Å². The van der Waals surface area contributed by atoms with Crippen LogP contribution in [0.1, 0.15) is 16.8 Å². The van der Waals surface area contributed by atoms with Crippen molar-refractivity contribution in [2.45, 2.75) is 30.8 Å². The van der Waals surface area contributed by atoms with Gasteiger partial charge in [-0.05, 0) is 24.5 Å². The Morgan fingerprint density at radius 3 is 2.77 bits per heavy atom. The summed E-state index contributed by atoms with van der Waals surface area (Å²) in [6, 6.07) is 8.34. The van der Waals surface area contributed by atoms with Crippen molar-refractivity contribution in [3.63, 3.8) is 0 Å². The number of benzene rings is 1. The zero-order valence-corrected chi connectivity index (χ0v) is 13.5. The monoisotopic (exact) mass is 320 g/mol. The third kappa shape index (κ3) is 3.06. The predicted molar refractivity (Wildman–Crippen MR) is 83.9 cm³/mol. The lowest BCUT2D eigenvalue weighted by Crippen LogP contribution is -2.44. The van der Waals surface area contributed by atoms with Gasteiger partial charge in [0.2, 0.25) is 10.0 Å². The van der Waals surface area contributed by atoms with E-state index in [2.05, 4.69) is 27.3 Å². The normalized spacial score (nSPS) is 18.2. The van der Waals surface area contributed by atoms with Crippen molar-refractivity contribution in [1.29, 1.82) is 0 Å². The minimum Gasteiger partial charge on any atom is -0.308 e. The number of hydrogen-bond acceptors (Lipinski definition) is 4. The lowest BCUT2D eigenvalue weighted by molar-refractivity contribution is 0.469. The average molecular weight is 320 g/mol. The molecule has 1 aliphatic heterocycles. The molecule has 1 aromatic heterocycles. The Kier molecular flexibility index (Phi) is 4.03. The van der Waals surface area contributed by atoms with Gasteiger partial charge in [-0.15, -0.1) is 0 Å². The molecule has 1 atom stereocenters. The quantitative estimate of drug-likeness (QED) is 0.870. The Balaban J connectivity index is 1.67. The molecule has 1 aromatic carbocycles. The second-order valence-corrected chi connectivity index (χ2v) is 7.39. The van der Waals surface area contributed by atoms with Gasteiger partial charge in [-0.2, -0.15) is 5.10 Å². The van der Waals surface area contributed by atoms with Crippen molar-refractivity contribution in [3.05, 3.63) is 47.3 Å². The first kappa shape index (κ1) is 15.2. The highest BCUT2D eigenvalue weighted by Crippen LogP contribution is 2.17. The van der Waals surface area contributed by atoms with Gasteiger partial charge in [0.15, 0.2) is 0 Å². The summed E-state index contributed by atoms with van der Waals surface area (Å²) in [5.41, 5.74) is 3.07. The van der Waals surface area contributed by atoms with Crippen LogP contribution in [0.5, 0.6) is 0 Å². The van der Waals surface area contributed by atoms with Crippen LogP contribution in [0.25, 0.3) is 0 Å². The maximum absolute atomic E-state index is 12.4. The number of sulfonamides is 1. The number of hydrogen-bond donors (Lipinski definition) is 2. The van der Waals surface area contributed by atoms with Crippen molar-refractivity contribution in [3.8, 4) is 0 Å². The number of aromatic nitrogens is 2. The lowest BCUT2D eigenvalue weighted by Gasteiger charge is -2.26. The summed E-state index contributed by atoms with van der Waals surface area (Å²) in [5, 5.41) is 7.46. The summed E-state index contributed by atoms with van der Waals surface area (Å²) in [7, 11) is -1.81. The third-order valence-corrected chi connectivity index (χ3v) is 5.47. The smallest absolute Gasteiger partial charge is 0.244 e. The molecule has 2 aromatic rings. The molecule has 3 rings (SSSR count). The van der Waals surface area contributed by atoms with Crippen molar-refractivity contribution in [1.82, 2.24) is 19.8 Å². The number of fused-ring (bicyclic) bond motifs is 1. The number of nitrogens with one attached hydrogen (secondary N) is 2. The molecule has 0 saturated carbocycles.